The van der Waals surface area contributed by atoms with Crippen LogP contribution in [0.5, 0.6) is 0 Å². The molecule has 6 heteroatoms. The number of aromatic nitrogens is 1. The molecule has 1 unspecified atom stereocenters. The minimum Gasteiger partial charge on any atom is -0.343 e. The van der Waals surface area contributed by atoms with Gasteiger partial charge in [-0.15, -0.1) is 23.1 Å². The number of anilines is 2. The number of nitrogens with zero attached hydrogens (tertiary/aromatic N) is 4. The quantitative estimate of drug-likeness (QED) is 0.550. The molecule has 1 fully saturated rings. The van der Waals surface area contributed by atoms with Crippen molar-refractivity contribution in [2.24, 2.45) is 0 Å². The highest BCUT2D eigenvalue weighted by atomic mass is 32.2. The summed E-state index contributed by atoms with van der Waals surface area (Å²) in [5, 5.41) is 3.55. The Labute approximate surface area is 200 Å². The first-order chi connectivity index (χ1) is 15.7. The third-order valence-electron chi connectivity index (χ3n) is 7.03. The van der Waals surface area contributed by atoms with Gasteiger partial charge in [-0.2, -0.15) is 0 Å². The molecule has 1 aromatic heterocycles. The van der Waals surface area contributed by atoms with E-state index in [1.165, 1.54) is 47.4 Å². The Hall–Kier alpha value is -2.02. The molecular weight excluding hydrogens is 432 g/mol. The summed E-state index contributed by atoms with van der Waals surface area (Å²) in [5.74, 6) is 0. The molecule has 0 bridgehead atoms. The largest absolute Gasteiger partial charge is 0.343 e. The van der Waals surface area contributed by atoms with Gasteiger partial charge in [0.2, 0.25) is 0 Å². The topological polar surface area (TPSA) is 22.6 Å². The highest BCUT2D eigenvalue weighted by molar-refractivity contribution is 7.99. The Morgan fingerprint density at radius 1 is 1.16 bits per heavy atom. The van der Waals surface area contributed by atoms with Crippen molar-refractivity contribution in [1.29, 1.82) is 0 Å². The number of hydrogen-bond acceptors (Lipinski definition) is 6. The summed E-state index contributed by atoms with van der Waals surface area (Å²) in [6.45, 7) is 5.49. The summed E-state index contributed by atoms with van der Waals surface area (Å²) < 4.78 is 0. The van der Waals surface area contributed by atoms with Gasteiger partial charge in [0.25, 0.3) is 0 Å². The predicted molar refractivity (Wildman–Crippen MR) is 141 cm³/mol. The maximum absolute atomic E-state index is 4.53. The van der Waals surface area contributed by atoms with Crippen LogP contribution in [0, 0.1) is 0 Å². The van der Waals surface area contributed by atoms with E-state index in [9.17, 15) is 0 Å². The SMILES string of the molecule is CSC1C([C@@H]2CCCN2C)=CC=CN1c1ccc(C2=C(C)CCN(c3nccs3)C2)cc1. The van der Waals surface area contributed by atoms with Crippen LogP contribution in [-0.2, 0) is 0 Å². The van der Waals surface area contributed by atoms with Crippen LogP contribution in [0.4, 0.5) is 10.8 Å². The summed E-state index contributed by atoms with van der Waals surface area (Å²) in [4.78, 5) is 11.9. The van der Waals surface area contributed by atoms with Gasteiger partial charge < -0.3 is 9.80 Å². The second-order valence-corrected chi connectivity index (χ2v) is 10.7. The molecule has 32 heavy (non-hydrogen) atoms. The first-order valence-electron chi connectivity index (χ1n) is 11.5. The fourth-order valence-corrected chi connectivity index (χ4v) is 6.81. The van der Waals surface area contributed by atoms with E-state index in [-0.39, 0.29) is 0 Å². The molecule has 2 atom stereocenters. The number of likely N-dealkylation sites (N-methyl/N-ethyl adjacent to an activating group) is 1. The summed E-state index contributed by atoms with van der Waals surface area (Å²) in [6, 6.07) is 9.78. The number of benzene rings is 1. The fourth-order valence-electron chi connectivity index (χ4n) is 5.21. The summed E-state index contributed by atoms with van der Waals surface area (Å²) in [5.41, 5.74) is 7.08. The van der Waals surface area contributed by atoms with E-state index in [2.05, 4.69) is 87.9 Å². The van der Waals surface area contributed by atoms with Gasteiger partial charge in [0.15, 0.2) is 5.13 Å². The standard InChI is InChI=1S/C26H32N4S2/c1-19-12-16-29(26-27-13-17-32-26)18-23(19)20-8-10-21(11-9-20)30-15-4-6-22(25(30)31-3)24-7-5-14-28(24)2/h4,6,8-11,13,15,17,24-25H,5,7,12,14,16,18H2,1-3H3/t24-,25?/m0/s1. The van der Waals surface area contributed by atoms with Crippen molar-refractivity contribution < 1.29 is 0 Å². The molecule has 0 radical (unpaired) electrons. The Morgan fingerprint density at radius 2 is 2.00 bits per heavy atom. The van der Waals surface area contributed by atoms with Crippen molar-refractivity contribution in [1.82, 2.24) is 9.88 Å². The maximum Gasteiger partial charge on any atom is 0.185 e. The third kappa shape index (κ3) is 4.16. The number of thiazole rings is 1. The Balaban J connectivity index is 1.36. The predicted octanol–water partition coefficient (Wildman–Crippen LogP) is 5.87. The van der Waals surface area contributed by atoms with Crippen LogP contribution in [0.25, 0.3) is 5.57 Å². The first kappa shape index (κ1) is 21.8. The zero-order valence-electron chi connectivity index (χ0n) is 19.2. The Kier molecular flexibility index (Phi) is 6.44. The van der Waals surface area contributed by atoms with Crippen molar-refractivity contribution in [3.05, 3.63) is 70.9 Å². The summed E-state index contributed by atoms with van der Waals surface area (Å²) in [6.07, 6.45) is 14.6. The highest BCUT2D eigenvalue weighted by Gasteiger charge is 2.33. The Morgan fingerprint density at radius 3 is 2.69 bits per heavy atom. The van der Waals surface area contributed by atoms with Crippen molar-refractivity contribution in [2.75, 3.05) is 42.7 Å². The lowest BCUT2D eigenvalue weighted by Gasteiger charge is -2.37. The van der Waals surface area contributed by atoms with E-state index < -0.39 is 0 Å². The molecule has 3 aliphatic heterocycles. The number of thioether (sulfide) groups is 1. The second-order valence-electron chi connectivity index (χ2n) is 8.93. The van der Waals surface area contributed by atoms with Gasteiger partial charge in [0.1, 0.15) is 5.37 Å². The zero-order valence-corrected chi connectivity index (χ0v) is 20.8. The van der Waals surface area contributed by atoms with Gasteiger partial charge in [0.05, 0.1) is 0 Å². The van der Waals surface area contributed by atoms with E-state index in [1.807, 2.05) is 18.0 Å². The molecule has 4 nitrogen and oxygen atoms in total. The van der Waals surface area contributed by atoms with E-state index in [0.29, 0.717) is 11.4 Å². The van der Waals surface area contributed by atoms with E-state index >= 15 is 0 Å². The summed E-state index contributed by atoms with van der Waals surface area (Å²) >= 11 is 3.66. The number of rotatable bonds is 5. The molecule has 0 amide bonds. The van der Waals surface area contributed by atoms with Crippen LogP contribution < -0.4 is 9.80 Å². The van der Waals surface area contributed by atoms with Gasteiger partial charge in [-0.1, -0.05) is 23.8 Å². The molecule has 0 aliphatic carbocycles. The normalized spacial score (nSPS) is 24.4. The van der Waals surface area contributed by atoms with Crippen LogP contribution in [0.2, 0.25) is 0 Å². The average Bonchev–Trinajstić information content (AvgIpc) is 3.51. The molecule has 0 saturated carbocycles. The summed E-state index contributed by atoms with van der Waals surface area (Å²) in [7, 11) is 2.27. The molecule has 1 aromatic carbocycles. The van der Waals surface area contributed by atoms with E-state index in [1.54, 1.807) is 11.3 Å². The van der Waals surface area contributed by atoms with Gasteiger partial charge >= 0.3 is 0 Å². The highest BCUT2D eigenvalue weighted by Crippen LogP contribution is 2.37. The number of allylic oxidation sites excluding steroid dienone is 2. The van der Waals surface area contributed by atoms with Crippen LogP contribution in [0.3, 0.4) is 0 Å². The molecule has 4 heterocycles. The van der Waals surface area contributed by atoms with E-state index in [0.717, 1.165) is 24.6 Å². The molecular formula is C26H32N4S2. The maximum atomic E-state index is 4.53. The molecule has 0 N–H and O–H groups in total. The van der Waals surface area contributed by atoms with Crippen molar-refractivity contribution in [3.63, 3.8) is 0 Å². The van der Waals surface area contributed by atoms with Crippen LogP contribution in [0.1, 0.15) is 31.7 Å². The lowest BCUT2D eigenvalue weighted by Crippen LogP contribution is -2.39. The Bertz CT molecular complexity index is 1020. The first-order valence-corrected chi connectivity index (χ1v) is 13.7. The van der Waals surface area contributed by atoms with Gasteiger partial charge in [-0.25, -0.2) is 4.98 Å². The zero-order chi connectivity index (χ0) is 22.1. The third-order valence-corrected chi connectivity index (χ3v) is 8.80. The second kappa shape index (κ2) is 9.46. The molecule has 5 rings (SSSR count). The monoisotopic (exact) mass is 464 g/mol. The lowest BCUT2D eigenvalue weighted by atomic mass is 9.95. The van der Waals surface area contributed by atoms with E-state index in [4.69, 9.17) is 0 Å². The fraction of sp³-hybridized carbons (Fsp3) is 0.423. The smallest absolute Gasteiger partial charge is 0.185 e. The molecule has 1 saturated heterocycles. The minimum atomic E-state index is 0.354. The van der Waals surface area contributed by atoms with Crippen LogP contribution in [-0.4, -0.2) is 54.2 Å². The average molecular weight is 465 g/mol. The van der Waals surface area contributed by atoms with Crippen LogP contribution >= 0.6 is 23.1 Å². The van der Waals surface area contributed by atoms with Crippen molar-refractivity contribution in [3.8, 4) is 0 Å². The number of likely N-dealkylation sites (tertiary alicyclic amines) is 1. The van der Waals surface area contributed by atoms with Gasteiger partial charge in [-0.3, -0.25) is 4.90 Å². The lowest BCUT2D eigenvalue weighted by molar-refractivity contribution is 0.340. The number of hydrogen-bond donors (Lipinski definition) is 0. The van der Waals surface area contributed by atoms with Crippen molar-refractivity contribution in [2.45, 2.75) is 37.6 Å². The van der Waals surface area contributed by atoms with Gasteiger partial charge in [-0.05, 0) is 81.0 Å². The molecule has 2 aromatic rings. The minimum absolute atomic E-state index is 0.354. The molecule has 168 valence electrons. The molecule has 3 aliphatic rings. The van der Waals surface area contributed by atoms with Crippen LogP contribution in [0.15, 0.2) is 65.3 Å². The van der Waals surface area contributed by atoms with Crippen molar-refractivity contribution >= 4 is 39.5 Å². The van der Waals surface area contributed by atoms with Gasteiger partial charge in [0, 0.05) is 42.6 Å². The molecule has 0 spiro atoms.